The lowest BCUT2D eigenvalue weighted by atomic mass is 10.2. The van der Waals surface area contributed by atoms with Crippen LogP contribution in [-0.2, 0) is 92.4 Å². The highest BCUT2D eigenvalue weighted by Crippen LogP contribution is 2.09. The second-order valence-electron chi connectivity index (χ2n) is 18.0. The third-order valence-electron chi connectivity index (χ3n) is 7.14. The number of aliphatic hydroxyl groups excluding tert-OH is 1. The minimum absolute atomic E-state index is 0.0470. The Balaban J connectivity index is -0.000000126. The van der Waals surface area contributed by atoms with E-state index in [2.05, 4.69) is 89.8 Å². The highest BCUT2D eigenvalue weighted by atomic mass is 16.6. The largest absolute Gasteiger partial charge is 0.478 e. The van der Waals surface area contributed by atoms with E-state index >= 15 is 0 Å². The quantitative estimate of drug-likeness (QED) is 0.0501. The van der Waals surface area contributed by atoms with Crippen LogP contribution < -0.4 is 0 Å². The van der Waals surface area contributed by atoms with Gasteiger partial charge in [0.05, 0.1) is 39.6 Å². The van der Waals surface area contributed by atoms with Crippen LogP contribution in [0.2, 0.25) is 0 Å². The van der Waals surface area contributed by atoms with Crippen molar-refractivity contribution >= 4 is 53.7 Å². The van der Waals surface area contributed by atoms with Crippen LogP contribution in [0.1, 0.15) is 129 Å². The van der Waals surface area contributed by atoms with Gasteiger partial charge in [-0.05, 0) is 116 Å². The first-order valence-electron chi connectivity index (χ1n) is 25.3. The molecule has 0 bridgehead atoms. The Morgan fingerprint density at radius 2 is 0.817 bits per heavy atom. The monoisotopic (exact) mass is 1160 g/mol. The van der Waals surface area contributed by atoms with E-state index in [0.29, 0.717) is 77.6 Å². The fraction of sp³-hybridized carbons (Fsp3) is 0.468. The van der Waals surface area contributed by atoms with Crippen molar-refractivity contribution in [3.05, 3.63) is 145 Å². The first-order chi connectivity index (χ1) is 37.6. The molecule has 1 aromatic rings. The fourth-order valence-electron chi connectivity index (χ4n) is 2.99. The summed E-state index contributed by atoms with van der Waals surface area (Å²) in [6, 6.07) is 9.55. The molecule has 20 nitrogen and oxygen atoms in total. The Hall–Kier alpha value is -7.97. The summed E-state index contributed by atoms with van der Waals surface area (Å²) in [7, 11) is 2.88. The van der Waals surface area contributed by atoms with Gasteiger partial charge >= 0.3 is 53.7 Å². The van der Waals surface area contributed by atoms with Gasteiger partial charge in [-0.1, -0.05) is 103 Å². The zero-order chi connectivity index (χ0) is 66.3. The molecular formula is C62H98O20. The number of carbonyl (C=O) groups excluding carboxylic acids is 8. The van der Waals surface area contributed by atoms with Gasteiger partial charge in [-0.3, -0.25) is 0 Å². The van der Waals surface area contributed by atoms with Crippen LogP contribution in [0.4, 0.5) is 0 Å². The summed E-state index contributed by atoms with van der Waals surface area (Å²) in [5, 5.41) is 16.1. The second kappa shape index (κ2) is 57.7. The second-order valence-corrected chi connectivity index (χ2v) is 18.0. The highest BCUT2D eigenvalue weighted by Gasteiger charge is 2.16. The lowest BCUT2D eigenvalue weighted by Gasteiger charge is -2.19. The molecule has 1 rings (SSSR count). The average molecular weight is 1160 g/mol. The third-order valence-corrected chi connectivity index (χ3v) is 7.14. The molecule has 1 aromatic carbocycles. The molecule has 0 fully saturated rings. The topological polar surface area (TPSA) is 277 Å². The molecule has 0 radical (unpaired) electrons. The lowest BCUT2D eigenvalue weighted by Crippen LogP contribution is -2.23. The molecule has 466 valence electrons. The zero-order valence-electron chi connectivity index (χ0n) is 52.4. The van der Waals surface area contributed by atoms with Crippen molar-refractivity contribution in [1.82, 2.24) is 0 Å². The number of carboxylic acids is 1. The number of methoxy groups -OCH3 is 2. The number of ether oxygens (including phenoxy) is 9. The normalized spacial score (nSPS) is 8.98. The van der Waals surface area contributed by atoms with E-state index in [4.69, 9.17) is 29.2 Å². The molecule has 0 spiro atoms. The number of rotatable bonds is 21. The standard InChI is InChI=1S/C11H12O2.2C8H14O2.C7H12O3.C7H12O2.C6H10O3.C6H10O2.C5H8O2.C4H6O2/c1-9(2)11(12)13-8-10-6-4-3-5-7-10;1-6(2)7(9)10-8(3,4)5;1-4-5-6-10-8(9)7(2)3;1-6(2)7(8)10-5-4-9-3;1-5(2)7(8)9-6(3)4;1-5(2)6(8)9-4-3-7;1-4-8-6(7)5(2)3;1-4(2)5(6)7-3;1-3(2)4(5)6/h3-7H,1,8H2,2H3;1H2,2-5H3;2,4-6H2,1,3H3;1,4-5H2,2-3H3;6H,1H2,2-4H3;7H,1,3-4H2,2H3;2,4H2,1,3H3;1H2,2-3H3;1H2,2H3,(H,5,6). The van der Waals surface area contributed by atoms with Crippen molar-refractivity contribution in [3.63, 3.8) is 0 Å². The summed E-state index contributed by atoms with van der Waals surface area (Å²) in [5.41, 5.74) is 4.18. The first-order valence-corrected chi connectivity index (χ1v) is 25.3. The van der Waals surface area contributed by atoms with Gasteiger partial charge in [-0.25, -0.2) is 43.2 Å². The van der Waals surface area contributed by atoms with Crippen LogP contribution in [0.15, 0.2) is 140 Å². The van der Waals surface area contributed by atoms with Gasteiger partial charge in [0, 0.05) is 57.3 Å². The number of carbonyl (C=O) groups is 9. The SMILES string of the molecule is C=C(C)C(=O)O.C=C(C)C(=O)OC.C=C(C)C(=O)OC(C)(C)C.C=C(C)C(=O)OC(C)C.C=C(C)C(=O)OCC.C=C(C)C(=O)OCCCC.C=C(C)C(=O)OCCO.C=C(C)C(=O)OCCOC.C=C(C)C(=O)OCc1ccccc1. The summed E-state index contributed by atoms with van der Waals surface area (Å²) in [5.74, 6) is -3.68. The maximum absolute atomic E-state index is 11.0. The van der Waals surface area contributed by atoms with Gasteiger partial charge in [0.1, 0.15) is 25.4 Å². The predicted octanol–water partition coefficient (Wildman–Crippen LogP) is 11.0. The van der Waals surface area contributed by atoms with Crippen LogP contribution in [0, 0.1) is 0 Å². The fourth-order valence-corrected chi connectivity index (χ4v) is 2.99. The minimum atomic E-state index is -0.935. The molecule has 0 heterocycles. The van der Waals surface area contributed by atoms with Gasteiger partial charge in [0.25, 0.3) is 0 Å². The van der Waals surface area contributed by atoms with Crippen molar-refractivity contribution in [1.29, 1.82) is 0 Å². The Kier molecular flexibility index (Phi) is 63.7. The molecule has 0 amide bonds. The first kappa shape index (κ1) is 90.6. The van der Waals surface area contributed by atoms with Gasteiger partial charge in [-0.15, -0.1) is 0 Å². The number of hydrogen-bond acceptors (Lipinski definition) is 19. The van der Waals surface area contributed by atoms with Crippen LogP contribution in [0.3, 0.4) is 0 Å². The van der Waals surface area contributed by atoms with E-state index in [1.165, 1.54) is 14.0 Å². The molecule has 0 unspecified atom stereocenters. The predicted molar refractivity (Wildman–Crippen MR) is 320 cm³/mol. The Labute approximate surface area is 489 Å². The number of aliphatic hydroxyl groups is 1. The molecule has 0 saturated heterocycles. The van der Waals surface area contributed by atoms with E-state index < -0.39 is 17.5 Å². The van der Waals surface area contributed by atoms with Crippen molar-refractivity contribution in [2.45, 2.75) is 142 Å². The summed E-state index contributed by atoms with van der Waals surface area (Å²) in [6.45, 7) is 59.7. The Bertz CT molecular complexity index is 2140. The summed E-state index contributed by atoms with van der Waals surface area (Å²) < 4.78 is 42.1. The van der Waals surface area contributed by atoms with Gasteiger partial charge in [0.15, 0.2) is 0 Å². The molecule has 20 heteroatoms. The van der Waals surface area contributed by atoms with E-state index in [9.17, 15) is 43.2 Å². The smallest absolute Gasteiger partial charge is 0.333 e. The number of hydrogen-bond donors (Lipinski definition) is 2. The van der Waals surface area contributed by atoms with Gasteiger partial charge < -0.3 is 52.8 Å². The minimum Gasteiger partial charge on any atom is -0.478 e. The molecule has 0 saturated carbocycles. The highest BCUT2D eigenvalue weighted by molar-refractivity contribution is 5.89. The third kappa shape index (κ3) is 76.3. The van der Waals surface area contributed by atoms with E-state index in [-0.39, 0.29) is 66.7 Å². The van der Waals surface area contributed by atoms with Crippen LogP contribution in [-0.4, -0.2) is 130 Å². The summed E-state index contributed by atoms with van der Waals surface area (Å²) in [6.07, 6.45) is 1.93. The number of esters is 8. The molecule has 82 heavy (non-hydrogen) atoms. The van der Waals surface area contributed by atoms with Gasteiger partial charge in [0.2, 0.25) is 0 Å². The lowest BCUT2D eigenvalue weighted by molar-refractivity contribution is -0.150. The van der Waals surface area contributed by atoms with Crippen LogP contribution >= 0.6 is 0 Å². The molecule has 2 N–H and O–H groups in total. The molecule has 0 aliphatic heterocycles. The maximum Gasteiger partial charge on any atom is 0.333 e. The van der Waals surface area contributed by atoms with Crippen molar-refractivity contribution in [2.24, 2.45) is 0 Å². The average Bonchev–Trinajstić information content (AvgIpc) is 3.37. The summed E-state index contributed by atoms with van der Waals surface area (Å²) >= 11 is 0. The molecule has 0 atom stereocenters. The van der Waals surface area contributed by atoms with Gasteiger partial charge in [-0.2, -0.15) is 0 Å². The number of carboxylic acid groups (broad SMARTS) is 1. The number of aliphatic carboxylic acids is 1. The number of benzene rings is 1. The molecule has 0 aromatic heterocycles. The Morgan fingerprint density at radius 3 is 1.05 bits per heavy atom. The van der Waals surface area contributed by atoms with E-state index in [1.807, 2.05) is 51.1 Å². The van der Waals surface area contributed by atoms with E-state index in [1.54, 1.807) is 83.3 Å². The molecule has 0 aliphatic carbocycles. The van der Waals surface area contributed by atoms with E-state index in [0.717, 1.165) is 18.4 Å². The van der Waals surface area contributed by atoms with Crippen molar-refractivity contribution in [2.75, 3.05) is 53.9 Å². The van der Waals surface area contributed by atoms with Crippen LogP contribution in [0.25, 0.3) is 0 Å². The van der Waals surface area contributed by atoms with Crippen molar-refractivity contribution < 1.29 is 96.0 Å². The maximum atomic E-state index is 11.0. The Morgan fingerprint density at radius 1 is 0.476 bits per heavy atom. The summed E-state index contributed by atoms with van der Waals surface area (Å²) in [4.78, 5) is 94.5. The van der Waals surface area contributed by atoms with Crippen LogP contribution in [0.5, 0.6) is 0 Å². The zero-order valence-corrected chi connectivity index (χ0v) is 52.4. The van der Waals surface area contributed by atoms with Crippen molar-refractivity contribution in [3.8, 4) is 0 Å². The number of unbranched alkanes of at least 4 members (excludes halogenated alkanes) is 1. The molecular weight excluding hydrogens is 1060 g/mol. The molecule has 0 aliphatic rings.